The molecule has 5 aromatic rings. The number of amides is 1. The third-order valence-corrected chi connectivity index (χ3v) is 6.21. The summed E-state index contributed by atoms with van der Waals surface area (Å²) in [6.45, 7) is -0.229. The number of anilines is 3. The molecule has 0 saturated carbocycles. The number of aromatic nitrogens is 2. The lowest BCUT2D eigenvalue weighted by Gasteiger charge is -2.17. The molecule has 1 heterocycles. The standard InChI is InChI=1S/C29H24ClN5O4/c30-19-9-11-23(22(13-19)28(38)33-20-10-12-24-25(14-20)35-29(31)34-24)32-15-18-7-4-8-21(17-5-2-1-3-6-17)27(18)39-16-26(36)37/h1-14,32H,15-16H2,(H,33,38)(H,36,37)(H3,31,34,35). The molecule has 0 aliphatic heterocycles. The molecule has 9 nitrogen and oxygen atoms in total. The lowest BCUT2D eigenvalue weighted by Crippen LogP contribution is -2.16. The summed E-state index contributed by atoms with van der Waals surface area (Å²) in [5, 5.41) is 15.8. The van der Waals surface area contributed by atoms with Crippen LogP contribution in [0, 0.1) is 0 Å². The molecular formula is C29H24ClN5O4. The van der Waals surface area contributed by atoms with Crippen molar-refractivity contribution in [2.45, 2.75) is 6.54 Å². The number of para-hydroxylation sites is 1. The third-order valence-electron chi connectivity index (χ3n) is 5.98. The number of hydrogen-bond acceptors (Lipinski definition) is 6. The van der Waals surface area contributed by atoms with Gasteiger partial charge in [0.15, 0.2) is 12.6 Å². The zero-order chi connectivity index (χ0) is 27.4. The highest BCUT2D eigenvalue weighted by Gasteiger charge is 2.17. The number of rotatable bonds is 9. The average Bonchev–Trinajstić information content (AvgIpc) is 3.31. The van der Waals surface area contributed by atoms with E-state index in [1.807, 2.05) is 48.5 Å². The smallest absolute Gasteiger partial charge is 0.341 e. The maximum atomic E-state index is 13.3. The molecule has 1 amide bonds. The number of carbonyl (C=O) groups is 2. The van der Waals surface area contributed by atoms with Gasteiger partial charge in [-0.3, -0.25) is 4.79 Å². The van der Waals surface area contributed by atoms with Crippen LogP contribution in [0.2, 0.25) is 5.02 Å². The first-order valence-corrected chi connectivity index (χ1v) is 12.4. The minimum atomic E-state index is -1.08. The number of ether oxygens (including phenoxy) is 1. The van der Waals surface area contributed by atoms with Gasteiger partial charge in [-0.25, -0.2) is 9.78 Å². The zero-order valence-corrected chi connectivity index (χ0v) is 21.3. The molecule has 0 radical (unpaired) electrons. The van der Waals surface area contributed by atoms with Gasteiger partial charge in [0.25, 0.3) is 5.91 Å². The van der Waals surface area contributed by atoms with Crippen molar-refractivity contribution >= 4 is 51.8 Å². The number of nitrogens with one attached hydrogen (secondary N) is 3. The molecule has 1 aromatic heterocycles. The number of aliphatic carboxylic acids is 1. The number of carbonyl (C=O) groups excluding carboxylic acids is 1. The van der Waals surface area contributed by atoms with Crippen LogP contribution in [0.25, 0.3) is 22.2 Å². The summed E-state index contributed by atoms with van der Waals surface area (Å²) in [5.41, 5.74) is 10.9. The molecule has 0 spiro atoms. The van der Waals surface area contributed by atoms with Crippen molar-refractivity contribution in [1.29, 1.82) is 0 Å². The predicted octanol–water partition coefficient (Wildman–Crippen LogP) is 5.79. The highest BCUT2D eigenvalue weighted by atomic mass is 35.5. The van der Waals surface area contributed by atoms with E-state index in [4.69, 9.17) is 22.1 Å². The predicted molar refractivity (Wildman–Crippen MR) is 152 cm³/mol. The van der Waals surface area contributed by atoms with Gasteiger partial charge in [-0.2, -0.15) is 0 Å². The van der Waals surface area contributed by atoms with E-state index in [0.29, 0.717) is 33.2 Å². The van der Waals surface area contributed by atoms with Crippen LogP contribution in [0.3, 0.4) is 0 Å². The largest absolute Gasteiger partial charge is 0.481 e. The van der Waals surface area contributed by atoms with Gasteiger partial charge < -0.3 is 31.2 Å². The summed E-state index contributed by atoms with van der Waals surface area (Å²) >= 11 is 6.24. The van der Waals surface area contributed by atoms with Gasteiger partial charge in [-0.1, -0.05) is 60.1 Å². The lowest BCUT2D eigenvalue weighted by atomic mass is 10.0. The number of carboxylic acid groups (broad SMARTS) is 1. The molecule has 39 heavy (non-hydrogen) atoms. The molecular weight excluding hydrogens is 518 g/mol. The van der Waals surface area contributed by atoms with Gasteiger partial charge in [0.05, 0.1) is 16.6 Å². The number of nitrogen functional groups attached to an aromatic ring is 1. The van der Waals surface area contributed by atoms with E-state index < -0.39 is 12.6 Å². The van der Waals surface area contributed by atoms with Crippen molar-refractivity contribution in [3.8, 4) is 16.9 Å². The summed E-state index contributed by atoms with van der Waals surface area (Å²) in [5.74, 6) is -0.713. The number of nitrogens with zero attached hydrogens (tertiary/aromatic N) is 1. The fourth-order valence-electron chi connectivity index (χ4n) is 4.22. The molecule has 5 rings (SSSR count). The van der Waals surface area contributed by atoms with Crippen LogP contribution in [0.15, 0.2) is 84.9 Å². The van der Waals surface area contributed by atoms with Gasteiger partial charge >= 0.3 is 5.97 Å². The van der Waals surface area contributed by atoms with Gasteiger partial charge in [-0.05, 0) is 42.0 Å². The molecule has 0 bridgehead atoms. The van der Waals surface area contributed by atoms with Crippen LogP contribution in [0.5, 0.6) is 5.75 Å². The Hall–Kier alpha value is -5.02. The van der Waals surface area contributed by atoms with Crippen molar-refractivity contribution in [1.82, 2.24) is 9.97 Å². The molecule has 0 unspecified atom stereocenters. The molecule has 0 aliphatic rings. The number of fused-ring (bicyclic) bond motifs is 1. The maximum absolute atomic E-state index is 13.3. The van der Waals surface area contributed by atoms with Crippen LogP contribution in [0.1, 0.15) is 15.9 Å². The summed E-state index contributed by atoms with van der Waals surface area (Å²) in [4.78, 5) is 31.7. The number of H-pyrrole nitrogens is 1. The first kappa shape index (κ1) is 25.6. The Balaban J connectivity index is 1.41. The molecule has 10 heteroatoms. The number of imidazole rings is 1. The first-order valence-electron chi connectivity index (χ1n) is 12.0. The third kappa shape index (κ3) is 5.94. The monoisotopic (exact) mass is 541 g/mol. The van der Waals surface area contributed by atoms with Crippen molar-refractivity contribution in [2.75, 3.05) is 23.0 Å². The normalized spacial score (nSPS) is 10.8. The van der Waals surface area contributed by atoms with Crippen molar-refractivity contribution < 1.29 is 19.4 Å². The average molecular weight is 542 g/mol. The van der Waals surface area contributed by atoms with Crippen molar-refractivity contribution in [3.05, 3.63) is 101 Å². The SMILES string of the molecule is Nc1nc2cc(NC(=O)c3cc(Cl)ccc3NCc3cccc(-c4ccccc4)c3OCC(=O)O)ccc2[nH]1. The molecule has 0 aliphatic carbocycles. The van der Waals surface area contributed by atoms with Gasteiger partial charge in [0.2, 0.25) is 0 Å². The number of aromatic amines is 1. The Morgan fingerprint density at radius 3 is 2.62 bits per heavy atom. The fourth-order valence-corrected chi connectivity index (χ4v) is 4.40. The second kappa shape index (κ2) is 11.2. The Morgan fingerprint density at radius 1 is 1.00 bits per heavy atom. The quantitative estimate of drug-likeness (QED) is 0.159. The number of halogens is 1. The van der Waals surface area contributed by atoms with E-state index >= 15 is 0 Å². The molecule has 4 aromatic carbocycles. The number of carboxylic acids is 1. The molecule has 0 fully saturated rings. The maximum Gasteiger partial charge on any atom is 0.341 e. The fraction of sp³-hybridized carbons (Fsp3) is 0.0690. The van der Waals surface area contributed by atoms with Gasteiger partial charge in [0.1, 0.15) is 5.75 Å². The summed E-state index contributed by atoms with van der Waals surface area (Å²) in [6, 6.07) is 25.4. The Bertz CT molecular complexity index is 1670. The van der Waals surface area contributed by atoms with Crippen molar-refractivity contribution in [3.63, 3.8) is 0 Å². The Labute approximate surface area is 228 Å². The lowest BCUT2D eigenvalue weighted by molar-refractivity contribution is -0.139. The molecule has 0 atom stereocenters. The molecule has 0 saturated heterocycles. The highest BCUT2D eigenvalue weighted by molar-refractivity contribution is 6.31. The zero-order valence-electron chi connectivity index (χ0n) is 20.6. The summed E-state index contributed by atoms with van der Waals surface area (Å²) in [6.07, 6.45) is 0. The van der Waals surface area contributed by atoms with Crippen LogP contribution < -0.4 is 21.1 Å². The van der Waals surface area contributed by atoms with Crippen LogP contribution in [0.4, 0.5) is 17.3 Å². The van der Waals surface area contributed by atoms with Crippen LogP contribution >= 0.6 is 11.6 Å². The van der Waals surface area contributed by atoms with Crippen molar-refractivity contribution in [2.24, 2.45) is 0 Å². The second-order valence-corrected chi connectivity index (χ2v) is 9.13. The van der Waals surface area contributed by atoms with E-state index in [1.54, 1.807) is 36.4 Å². The number of hydrogen-bond donors (Lipinski definition) is 5. The molecule has 196 valence electrons. The Morgan fingerprint density at radius 2 is 1.82 bits per heavy atom. The summed E-state index contributed by atoms with van der Waals surface area (Å²) in [7, 11) is 0. The minimum absolute atomic E-state index is 0.260. The van der Waals surface area contributed by atoms with Gasteiger partial charge in [-0.15, -0.1) is 0 Å². The van der Waals surface area contributed by atoms with E-state index in [2.05, 4.69) is 20.6 Å². The second-order valence-electron chi connectivity index (χ2n) is 8.69. The van der Waals surface area contributed by atoms with Gasteiger partial charge in [0, 0.05) is 34.1 Å². The van der Waals surface area contributed by atoms with Crippen LogP contribution in [-0.4, -0.2) is 33.6 Å². The van der Waals surface area contributed by atoms with Crippen LogP contribution in [-0.2, 0) is 11.3 Å². The van der Waals surface area contributed by atoms with E-state index in [-0.39, 0.29) is 18.4 Å². The topological polar surface area (TPSA) is 142 Å². The highest BCUT2D eigenvalue weighted by Crippen LogP contribution is 2.34. The number of benzene rings is 4. The van der Waals surface area contributed by atoms with E-state index in [9.17, 15) is 14.7 Å². The summed E-state index contributed by atoms with van der Waals surface area (Å²) < 4.78 is 5.73. The molecule has 6 N–H and O–H groups in total. The number of nitrogens with two attached hydrogens (primary N) is 1. The Kier molecular flexibility index (Phi) is 7.33. The van der Waals surface area contributed by atoms with E-state index in [1.165, 1.54) is 0 Å². The van der Waals surface area contributed by atoms with E-state index in [0.717, 1.165) is 22.2 Å². The first-order chi connectivity index (χ1) is 18.9. The minimum Gasteiger partial charge on any atom is -0.481 e.